The van der Waals surface area contributed by atoms with E-state index in [4.69, 9.17) is 5.11 Å². The highest BCUT2D eigenvalue weighted by Gasteiger charge is 1.83. The average molecular weight is 219 g/mol. The zero-order valence-corrected chi connectivity index (χ0v) is 5.71. The van der Waals surface area contributed by atoms with Crippen molar-refractivity contribution in [1.82, 2.24) is 3.53 Å². The summed E-state index contributed by atoms with van der Waals surface area (Å²) in [6.45, 7) is 0.0241. The minimum absolute atomic E-state index is 0.127. The van der Waals surface area contributed by atoms with Crippen LogP contribution in [0, 0.1) is 0 Å². The first-order valence-corrected chi connectivity index (χ1v) is 4.51. The molecule has 0 aliphatic carbocycles. The molecule has 44 valence electrons. The van der Waals surface area contributed by atoms with Crippen LogP contribution in [0.3, 0.4) is 0 Å². The van der Waals surface area contributed by atoms with Crippen molar-refractivity contribution in [2.75, 3.05) is 13.2 Å². The van der Waals surface area contributed by atoms with Crippen molar-refractivity contribution in [2.24, 2.45) is 0 Å². The molecule has 2 N–H and O–H groups in total. The van der Waals surface area contributed by atoms with E-state index < -0.39 is 20.1 Å². The summed E-state index contributed by atoms with van der Waals surface area (Å²) in [5.41, 5.74) is 0. The van der Waals surface area contributed by atoms with E-state index in [9.17, 15) is 6.14 Å². The second kappa shape index (κ2) is 4.41. The standard InChI is InChI=1S/C2H6INO3/c5-2-1-4-3(6)7/h5H,1-2H2,(H,4,6,7). The van der Waals surface area contributed by atoms with Gasteiger partial charge in [-0.1, -0.05) is 0 Å². The van der Waals surface area contributed by atoms with E-state index in [1.807, 2.05) is 0 Å². The summed E-state index contributed by atoms with van der Waals surface area (Å²) in [6, 6.07) is 0. The SMILES string of the molecule is O=I(=O)NCCO. The van der Waals surface area contributed by atoms with Gasteiger partial charge in [-0.25, -0.2) is 9.67 Å². The molecule has 0 aliphatic heterocycles. The summed E-state index contributed by atoms with van der Waals surface area (Å²) >= 11 is -3.24. The number of rotatable bonds is 3. The first kappa shape index (κ1) is 7.25. The summed E-state index contributed by atoms with van der Waals surface area (Å²) in [6.07, 6.45) is 0. The lowest BCUT2D eigenvalue weighted by molar-refractivity contribution is 0.303. The van der Waals surface area contributed by atoms with Crippen LogP contribution in [-0.4, -0.2) is 18.3 Å². The van der Waals surface area contributed by atoms with Gasteiger partial charge >= 0.3 is 20.1 Å². The molecule has 0 saturated carbocycles. The predicted octanol–water partition coefficient (Wildman–Crippen LogP) is -0.319. The minimum atomic E-state index is -3.24. The first-order valence-electron chi connectivity index (χ1n) is 1.67. The van der Waals surface area contributed by atoms with Gasteiger partial charge in [-0.3, -0.25) is 0 Å². The quantitative estimate of drug-likeness (QED) is 0.504. The number of aliphatic hydroxyl groups is 1. The van der Waals surface area contributed by atoms with Crippen molar-refractivity contribution < 1.29 is 11.2 Å². The Labute approximate surface area is 48.4 Å². The monoisotopic (exact) mass is 219 g/mol. The number of aliphatic hydroxyl groups excluding tert-OH is 1. The zero-order valence-electron chi connectivity index (χ0n) is 3.56. The molecule has 7 heavy (non-hydrogen) atoms. The molecular weight excluding hydrogens is 213 g/mol. The molecule has 0 aromatic heterocycles. The third-order valence-corrected chi connectivity index (χ3v) is 1.48. The molecule has 0 aliphatic rings. The Morgan fingerprint density at radius 2 is 2.14 bits per heavy atom. The third kappa shape index (κ3) is 6.25. The van der Waals surface area contributed by atoms with E-state index in [0.717, 1.165) is 0 Å². The lowest BCUT2D eigenvalue weighted by Crippen LogP contribution is -2.05. The maximum absolute atomic E-state index is 9.66. The summed E-state index contributed by atoms with van der Waals surface area (Å²) < 4.78 is 21.4. The van der Waals surface area contributed by atoms with Crippen LogP contribution in [0.25, 0.3) is 0 Å². The van der Waals surface area contributed by atoms with Crippen molar-refractivity contribution in [1.29, 1.82) is 0 Å². The largest absolute Gasteiger partial charge is 0.395 e. The van der Waals surface area contributed by atoms with E-state index in [2.05, 4.69) is 3.53 Å². The van der Waals surface area contributed by atoms with Gasteiger partial charge < -0.3 is 5.11 Å². The van der Waals surface area contributed by atoms with Crippen LogP contribution < -0.4 is 3.53 Å². The molecule has 0 radical (unpaired) electrons. The van der Waals surface area contributed by atoms with Crippen molar-refractivity contribution in [3.63, 3.8) is 0 Å². The van der Waals surface area contributed by atoms with Crippen LogP contribution in [0.15, 0.2) is 0 Å². The Balaban J connectivity index is 2.98. The second-order valence-electron chi connectivity index (χ2n) is 0.825. The molecule has 0 amide bonds. The molecule has 5 heteroatoms. The topological polar surface area (TPSA) is 66.4 Å². The molecule has 0 fully saturated rings. The van der Waals surface area contributed by atoms with Crippen LogP contribution >= 0.6 is 20.1 Å². The van der Waals surface area contributed by atoms with Crippen molar-refractivity contribution >= 4 is 20.1 Å². The Bertz CT molecular complexity index is 91.1. The van der Waals surface area contributed by atoms with Gasteiger partial charge in [0, 0.05) is 6.54 Å². The molecule has 0 spiro atoms. The van der Waals surface area contributed by atoms with Crippen molar-refractivity contribution in [3.05, 3.63) is 0 Å². The normalized spacial score (nSPS) is 10.0. The fraction of sp³-hybridized carbons (Fsp3) is 1.00. The van der Waals surface area contributed by atoms with Gasteiger partial charge in [-0.15, -0.1) is 0 Å². The van der Waals surface area contributed by atoms with Crippen molar-refractivity contribution in [3.8, 4) is 0 Å². The van der Waals surface area contributed by atoms with Gasteiger partial charge in [-0.05, 0) is 0 Å². The fourth-order valence-corrected chi connectivity index (χ4v) is 0.801. The van der Waals surface area contributed by atoms with E-state index >= 15 is 0 Å². The minimum Gasteiger partial charge on any atom is -0.395 e. The number of halogens is 1. The highest BCUT2D eigenvalue weighted by molar-refractivity contribution is 14.2. The Kier molecular flexibility index (Phi) is 4.57. The van der Waals surface area contributed by atoms with Gasteiger partial charge in [0.1, 0.15) is 0 Å². The summed E-state index contributed by atoms with van der Waals surface area (Å²) in [4.78, 5) is 0. The highest BCUT2D eigenvalue weighted by Crippen LogP contribution is 1.90. The van der Waals surface area contributed by atoms with Gasteiger partial charge in [0.25, 0.3) is 0 Å². The van der Waals surface area contributed by atoms with Gasteiger partial charge in [0.05, 0.1) is 6.61 Å². The van der Waals surface area contributed by atoms with Crippen LogP contribution in [0.1, 0.15) is 0 Å². The maximum atomic E-state index is 9.66. The maximum Gasteiger partial charge on any atom is 0.389 e. The average Bonchev–Trinajstić information content (AvgIpc) is 1.61. The summed E-state index contributed by atoms with van der Waals surface area (Å²) in [7, 11) is 0. The summed E-state index contributed by atoms with van der Waals surface area (Å²) in [5.74, 6) is 0. The van der Waals surface area contributed by atoms with E-state index in [1.54, 1.807) is 0 Å². The van der Waals surface area contributed by atoms with Crippen LogP contribution in [0.4, 0.5) is 0 Å². The Hall–Kier alpha value is 0.250. The van der Waals surface area contributed by atoms with Crippen LogP contribution in [0.2, 0.25) is 0 Å². The third-order valence-electron chi connectivity index (χ3n) is 0.315. The van der Waals surface area contributed by atoms with Crippen LogP contribution in [0.5, 0.6) is 0 Å². The molecule has 0 aromatic rings. The molecule has 0 atom stereocenters. The molecule has 0 aromatic carbocycles. The molecular formula is C2H6INO3. The van der Waals surface area contributed by atoms with Crippen LogP contribution in [-0.2, 0) is 6.14 Å². The van der Waals surface area contributed by atoms with E-state index in [0.29, 0.717) is 0 Å². The zero-order chi connectivity index (χ0) is 5.70. The molecule has 0 unspecified atom stereocenters. The van der Waals surface area contributed by atoms with Gasteiger partial charge in [0.15, 0.2) is 0 Å². The summed E-state index contributed by atoms with van der Waals surface area (Å²) in [5, 5.41) is 8.00. The first-order chi connectivity index (χ1) is 3.27. The number of hydrogen-bond donors (Lipinski definition) is 2. The predicted molar refractivity (Wildman–Crippen MR) is 30.5 cm³/mol. The van der Waals surface area contributed by atoms with Crippen molar-refractivity contribution in [2.45, 2.75) is 0 Å². The Morgan fingerprint density at radius 3 is 2.29 bits per heavy atom. The number of hydrogen-bond acceptors (Lipinski definition) is 3. The lowest BCUT2D eigenvalue weighted by Gasteiger charge is -1.82. The lowest BCUT2D eigenvalue weighted by atomic mass is 10.8. The van der Waals surface area contributed by atoms with Gasteiger partial charge in [0.2, 0.25) is 0 Å². The molecule has 0 saturated heterocycles. The molecule has 4 nitrogen and oxygen atoms in total. The second-order valence-corrected chi connectivity index (χ2v) is 2.83. The molecule has 0 rings (SSSR count). The van der Waals surface area contributed by atoms with Gasteiger partial charge in [-0.2, -0.15) is 0 Å². The van der Waals surface area contributed by atoms with E-state index in [1.165, 1.54) is 0 Å². The smallest absolute Gasteiger partial charge is 0.389 e. The fourth-order valence-electron chi connectivity index (χ4n) is 0.119. The van der Waals surface area contributed by atoms with E-state index in [-0.39, 0.29) is 13.2 Å². The highest BCUT2D eigenvalue weighted by atomic mass is 127. The molecule has 0 bridgehead atoms. The number of nitrogens with one attached hydrogen (secondary N) is 1. The molecule has 0 heterocycles. The Morgan fingerprint density at radius 1 is 1.57 bits per heavy atom.